The van der Waals surface area contributed by atoms with E-state index in [9.17, 15) is 19.7 Å². The first-order valence-electron chi connectivity index (χ1n) is 7.16. The van der Waals surface area contributed by atoms with Crippen molar-refractivity contribution in [1.29, 1.82) is 0 Å². The Balaban J connectivity index is 1.78. The highest BCUT2D eigenvalue weighted by Crippen LogP contribution is 2.17. The van der Waals surface area contributed by atoms with Crippen LogP contribution < -0.4 is 10.1 Å². The molecular formula is C15H15N3O7. The Morgan fingerprint density at radius 2 is 2.04 bits per heavy atom. The number of hydrogen-bond donors (Lipinski definition) is 1. The Bertz CT molecular complexity index is 770. The molecule has 1 aromatic carbocycles. The van der Waals surface area contributed by atoms with Gasteiger partial charge in [-0.15, -0.1) is 0 Å². The molecule has 0 unspecified atom stereocenters. The van der Waals surface area contributed by atoms with Crippen LogP contribution in [-0.4, -0.2) is 34.7 Å². The van der Waals surface area contributed by atoms with Gasteiger partial charge < -0.3 is 19.3 Å². The SMILES string of the molecule is Cc1cc(NC(=O)[C@H](C)OC(=O)COc2ccc([N+](=O)[O-])cc2)no1. The second-order valence-corrected chi connectivity index (χ2v) is 4.98. The number of rotatable bonds is 7. The zero-order valence-corrected chi connectivity index (χ0v) is 13.4. The van der Waals surface area contributed by atoms with E-state index < -0.39 is 29.5 Å². The summed E-state index contributed by atoms with van der Waals surface area (Å²) in [5.74, 6) is -0.337. The van der Waals surface area contributed by atoms with E-state index in [1.54, 1.807) is 6.92 Å². The number of carbonyl (C=O) groups excluding carboxylic acids is 2. The van der Waals surface area contributed by atoms with E-state index in [1.807, 2.05) is 0 Å². The molecule has 132 valence electrons. The van der Waals surface area contributed by atoms with E-state index >= 15 is 0 Å². The predicted molar refractivity (Wildman–Crippen MR) is 84.0 cm³/mol. The van der Waals surface area contributed by atoms with Gasteiger partial charge in [0.25, 0.3) is 11.6 Å². The minimum Gasteiger partial charge on any atom is -0.482 e. The molecule has 0 aliphatic carbocycles. The third kappa shape index (κ3) is 5.30. The van der Waals surface area contributed by atoms with E-state index in [4.69, 9.17) is 14.0 Å². The molecule has 1 N–H and O–H groups in total. The van der Waals surface area contributed by atoms with Crippen LogP contribution in [0.25, 0.3) is 0 Å². The summed E-state index contributed by atoms with van der Waals surface area (Å²) in [6.45, 7) is 2.62. The molecule has 2 rings (SSSR count). The van der Waals surface area contributed by atoms with Gasteiger partial charge in [0.15, 0.2) is 18.5 Å². The number of aryl methyl sites for hydroxylation is 1. The monoisotopic (exact) mass is 349 g/mol. The van der Waals surface area contributed by atoms with Crippen molar-refractivity contribution in [1.82, 2.24) is 5.16 Å². The number of ether oxygens (including phenoxy) is 2. The van der Waals surface area contributed by atoms with Crippen LogP contribution in [0.3, 0.4) is 0 Å². The van der Waals surface area contributed by atoms with E-state index in [2.05, 4.69) is 10.5 Å². The van der Waals surface area contributed by atoms with Gasteiger partial charge in [-0.3, -0.25) is 14.9 Å². The summed E-state index contributed by atoms with van der Waals surface area (Å²) in [5, 5.41) is 16.6. The maximum atomic E-state index is 11.9. The first-order valence-corrected chi connectivity index (χ1v) is 7.16. The van der Waals surface area contributed by atoms with Crippen LogP contribution in [-0.2, 0) is 14.3 Å². The number of nitrogens with one attached hydrogen (secondary N) is 1. The Kier molecular flexibility index (Phi) is 5.66. The van der Waals surface area contributed by atoms with Crippen molar-refractivity contribution in [3.63, 3.8) is 0 Å². The molecule has 0 spiro atoms. The average Bonchev–Trinajstić information content (AvgIpc) is 2.98. The Morgan fingerprint density at radius 1 is 1.36 bits per heavy atom. The number of non-ortho nitro benzene ring substituents is 1. The van der Waals surface area contributed by atoms with Gasteiger partial charge in [0, 0.05) is 18.2 Å². The van der Waals surface area contributed by atoms with E-state index in [0.717, 1.165) is 0 Å². The summed E-state index contributed by atoms with van der Waals surface area (Å²) in [7, 11) is 0. The van der Waals surface area contributed by atoms with Gasteiger partial charge in [-0.05, 0) is 26.0 Å². The molecule has 0 saturated carbocycles. The van der Waals surface area contributed by atoms with Gasteiger partial charge in [-0.25, -0.2) is 4.79 Å². The number of anilines is 1. The van der Waals surface area contributed by atoms with Crippen LogP contribution in [0, 0.1) is 17.0 Å². The van der Waals surface area contributed by atoms with Crippen molar-refractivity contribution in [2.75, 3.05) is 11.9 Å². The Morgan fingerprint density at radius 3 is 2.60 bits per heavy atom. The van der Waals surface area contributed by atoms with E-state index in [1.165, 1.54) is 37.3 Å². The number of hydrogen-bond acceptors (Lipinski definition) is 8. The maximum Gasteiger partial charge on any atom is 0.344 e. The third-order valence-corrected chi connectivity index (χ3v) is 2.96. The summed E-state index contributed by atoms with van der Waals surface area (Å²) in [4.78, 5) is 33.5. The fraction of sp³-hybridized carbons (Fsp3) is 0.267. The van der Waals surface area contributed by atoms with Crippen molar-refractivity contribution in [3.8, 4) is 5.75 Å². The predicted octanol–water partition coefficient (Wildman–Crippen LogP) is 1.84. The molecule has 1 amide bonds. The fourth-order valence-electron chi connectivity index (χ4n) is 1.74. The number of benzene rings is 1. The summed E-state index contributed by atoms with van der Waals surface area (Å²) < 4.78 is 14.9. The second-order valence-electron chi connectivity index (χ2n) is 4.98. The Labute approximate surface area is 141 Å². The minimum absolute atomic E-state index is 0.0942. The van der Waals surface area contributed by atoms with E-state index in [0.29, 0.717) is 5.76 Å². The molecule has 0 bridgehead atoms. The van der Waals surface area contributed by atoms with Crippen LogP contribution in [0.5, 0.6) is 5.75 Å². The molecule has 0 radical (unpaired) electrons. The van der Waals surface area contributed by atoms with Gasteiger partial charge in [0.1, 0.15) is 11.5 Å². The lowest BCUT2D eigenvalue weighted by Gasteiger charge is -2.12. The summed E-state index contributed by atoms with van der Waals surface area (Å²) in [6, 6.07) is 6.72. The van der Waals surface area contributed by atoms with Crippen LogP contribution in [0.4, 0.5) is 11.5 Å². The number of nitro groups is 1. The molecule has 0 aliphatic heterocycles. The van der Waals surface area contributed by atoms with Gasteiger partial charge in [-0.1, -0.05) is 5.16 Å². The first kappa shape index (κ1) is 17.9. The number of amides is 1. The zero-order chi connectivity index (χ0) is 18.4. The van der Waals surface area contributed by atoms with Gasteiger partial charge in [0.2, 0.25) is 0 Å². The van der Waals surface area contributed by atoms with Crippen molar-refractivity contribution < 1.29 is 28.5 Å². The lowest BCUT2D eigenvalue weighted by Crippen LogP contribution is -2.31. The quantitative estimate of drug-likeness (QED) is 0.454. The van der Waals surface area contributed by atoms with Crippen molar-refractivity contribution in [3.05, 3.63) is 46.2 Å². The van der Waals surface area contributed by atoms with Crippen LogP contribution >= 0.6 is 0 Å². The summed E-state index contributed by atoms with van der Waals surface area (Å²) in [6.07, 6.45) is -1.06. The summed E-state index contributed by atoms with van der Waals surface area (Å²) >= 11 is 0. The average molecular weight is 349 g/mol. The molecule has 0 saturated heterocycles. The number of carbonyl (C=O) groups is 2. The minimum atomic E-state index is -1.06. The van der Waals surface area contributed by atoms with Gasteiger partial charge >= 0.3 is 5.97 Å². The number of esters is 1. The molecule has 25 heavy (non-hydrogen) atoms. The molecule has 1 aromatic heterocycles. The molecule has 10 nitrogen and oxygen atoms in total. The normalized spacial score (nSPS) is 11.4. The lowest BCUT2D eigenvalue weighted by molar-refractivity contribution is -0.384. The third-order valence-electron chi connectivity index (χ3n) is 2.96. The lowest BCUT2D eigenvalue weighted by atomic mass is 10.3. The van der Waals surface area contributed by atoms with Crippen molar-refractivity contribution in [2.24, 2.45) is 0 Å². The molecular weight excluding hydrogens is 334 g/mol. The van der Waals surface area contributed by atoms with Crippen molar-refractivity contribution in [2.45, 2.75) is 20.0 Å². The van der Waals surface area contributed by atoms with Crippen LogP contribution in [0.15, 0.2) is 34.9 Å². The highest BCUT2D eigenvalue weighted by atomic mass is 16.6. The molecule has 1 atom stereocenters. The highest BCUT2D eigenvalue weighted by Gasteiger charge is 2.19. The fourth-order valence-corrected chi connectivity index (χ4v) is 1.74. The maximum absolute atomic E-state index is 11.9. The van der Waals surface area contributed by atoms with Crippen molar-refractivity contribution >= 4 is 23.4 Å². The Hall–Kier alpha value is -3.43. The molecule has 0 aliphatic rings. The molecule has 10 heteroatoms. The molecule has 2 aromatic rings. The standard InChI is InChI=1S/C15H15N3O7/c1-9-7-13(17-25-9)16-15(20)10(2)24-14(19)8-23-12-5-3-11(4-6-12)18(21)22/h3-7,10H,8H2,1-2H3,(H,16,17,20)/t10-/m0/s1. The first-order chi connectivity index (χ1) is 11.8. The van der Waals surface area contributed by atoms with Crippen LogP contribution in [0.2, 0.25) is 0 Å². The number of aromatic nitrogens is 1. The zero-order valence-electron chi connectivity index (χ0n) is 13.4. The molecule has 0 fully saturated rings. The number of nitro benzene ring substituents is 1. The smallest absolute Gasteiger partial charge is 0.344 e. The second kappa shape index (κ2) is 7.90. The van der Waals surface area contributed by atoms with Gasteiger partial charge in [-0.2, -0.15) is 0 Å². The largest absolute Gasteiger partial charge is 0.482 e. The highest BCUT2D eigenvalue weighted by molar-refractivity contribution is 5.94. The van der Waals surface area contributed by atoms with E-state index in [-0.39, 0.29) is 17.3 Å². The summed E-state index contributed by atoms with van der Waals surface area (Å²) in [5.41, 5.74) is -0.0942. The topological polar surface area (TPSA) is 134 Å². The van der Waals surface area contributed by atoms with Gasteiger partial charge in [0.05, 0.1) is 4.92 Å². The van der Waals surface area contributed by atoms with Crippen LogP contribution in [0.1, 0.15) is 12.7 Å². The molecule has 1 heterocycles. The number of nitrogens with zero attached hydrogens (tertiary/aromatic N) is 2.